The van der Waals surface area contributed by atoms with E-state index in [-0.39, 0.29) is 5.69 Å². The van der Waals surface area contributed by atoms with E-state index in [9.17, 15) is 22.4 Å². The second-order valence-electron chi connectivity index (χ2n) is 4.51. The van der Waals surface area contributed by atoms with Crippen molar-refractivity contribution in [3.63, 3.8) is 0 Å². The van der Waals surface area contributed by atoms with Crippen molar-refractivity contribution in [2.45, 2.75) is 4.90 Å². The van der Waals surface area contributed by atoms with Gasteiger partial charge in [0, 0.05) is 13.2 Å². The lowest BCUT2D eigenvalue weighted by Crippen LogP contribution is -2.42. The normalized spacial score (nSPS) is 11.2. The van der Waals surface area contributed by atoms with Crippen molar-refractivity contribution in [2.24, 2.45) is 7.05 Å². The molecular weight excluding hydrogens is 329 g/mol. The van der Waals surface area contributed by atoms with Gasteiger partial charge in [-0.1, -0.05) is 0 Å². The zero-order valence-electron chi connectivity index (χ0n) is 11.8. The van der Waals surface area contributed by atoms with Crippen LogP contribution < -0.4 is 10.3 Å². The smallest absolute Gasteiger partial charge is 0.335 e. The van der Waals surface area contributed by atoms with E-state index >= 15 is 0 Å². The fraction of sp³-hybridized carbons (Fsp3) is 0.0769. The third-order valence-corrected chi connectivity index (χ3v) is 4.21. The second-order valence-corrected chi connectivity index (χ2v) is 6.17. The number of rotatable bonds is 5. The predicted octanol–water partition coefficient (Wildman–Crippen LogP) is 0.486. The molecule has 2 rings (SSSR count). The molecule has 0 atom stereocenters. The predicted molar refractivity (Wildman–Crippen MR) is 76.6 cm³/mol. The molecule has 0 radical (unpaired) electrons. The van der Waals surface area contributed by atoms with Gasteiger partial charge in [0.05, 0.1) is 5.56 Å². The van der Waals surface area contributed by atoms with Gasteiger partial charge in [-0.3, -0.25) is 10.2 Å². The van der Waals surface area contributed by atoms with Crippen LogP contribution in [0.3, 0.4) is 0 Å². The van der Waals surface area contributed by atoms with Crippen LogP contribution in [0.2, 0.25) is 0 Å². The summed E-state index contributed by atoms with van der Waals surface area (Å²) in [5, 5.41) is 8.83. The first-order valence-electron chi connectivity index (χ1n) is 6.18. The molecule has 2 aromatic rings. The van der Waals surface area contributed by atoms with E-state index in [1.54, 1.807) is 24.1 Å². The summed E-state index contributed by atoms with van der Waals surface area (Å²) in [4.78, 5) is 23.5. The summed E-state index contributed by atoms with van der Waals surface area (Å²) in [6, 6.07) is 5.35. The fourth-order valence-electron chi connectivity index (χ4n) is 1.77. The van der Waals surface area contributed by atoms with Crippen LogP contribution in [-0.4, -0.2) is 30.0 Å². The van der Waals surface area contributed by atoms with Crippen LogP contribution in [0.15, 0.2) is 41.4 Å². The van der Waals surface area contributed by atoms with E-state index in [0.29, 0.717) is 6.07 Å². The molecule has 0 aliphatic heterocycles. The minimum atomic E-state index is -4.48. The van der Waals surface area contributed by atoms with Crippen LogP contribution in [0.5, 0.6) is 0 Å². The van der Waals surface area contributed by atoms with E-state index in [1.807, 2.05) is 5.43 Å². The Morgan fingerprint density at radius 1 is 1.26 bits per heavy atom. The number of nitrogens with one attached hydrogen (secondary N) is 2. The Balaban J connectivity index is 2.23. The number of nitrogens with zero attached hydrogens (tertiary/aromatic N) is 1. The number of benzene rings is 1. The number of halogens is 1. The SMILES string of the molecule is Cn1cccc1C(=O)NNS(=O)(=O)c1cc(C(=O)O)ccc1F. The number of hydrogen-bond donors (Lipinski definition) is 3. The monoisotopic (exact) mass is 341 g/mol. The Hall–Kier alpha value is -2.72. The van der Waals surface area contributed by atoms with Gasteiger partial charge in [0.2, 0.25) is 0 Å². The van der Waals surface area contributed by atoms with Crippen LogP contribution in [-0.2, 0) is 17.1 Å². The summed E-state index contributed by atoms with van der Waals surface area (Å²) >= 11 is 0. The molecule has 122 valence electrons. The molecule has 1 aromatic carbocycles. The number of hydrazine groups is 1. The highest BCUT2D eigenvalue weighted by Crippen LogP contribution is 2.16. The van der Waals surface area contributed by atoms with E-state index in [4.69, 9.17) is 5.11 Å². The molecule has 1 amide bonds. The average molecular weight is 341 g/mol. The molecule has 0 bridgehead atoms. The summed E-state index contributed by atoms with van der Waals surface area (Å²) in [6.07, 6.45) is 1.58. The molecule has 0 saturated carbocycles. The molecule has 0 aliphatic carbocycles. The molecule has 0 spiro atoms. The first kappa shape index (κ1) is 16.6. The first-order valence-corrected chi connectivity index (χ1v) is 7.67. The van der Waals surface area contributed by atoms with Gasteiger partial charge in [-0.2, -0.15) is 0 Å². The highest BCUT2D eigenvalue weighted by molar-refractivity contribution is 7.89. The van der Waals surface area contributed by atoms with Gasteiger partial charge < -0.3 is 9.67 Å². The zero-order valence-corrected chi connectivity index (χ0v) is 12.6. The number of aromatic nitrogens is 1. The number of sulfonamides is 1. The van der Waals surface area contributed by atoms with Crippen molar-refractivity contribution >= 4 is 21.9 Å². The summed E-state index contributed by atoms with van der Waals surface area (Å²) in [6.45, 7) is 0. The average Bonchev–Trinajstić information content (AvgIpc) is 2.91. The second kappa shape index (κ2) is 6.18. The van der Waals surface area contributed by atoms with Crippen LogP contribution in [0, 0.1) is 5.82 Å². The number of carboxylic acids is 1. The number of carbonyl (C=O) groups is 2. The molecule has 0 fully saturated rings. The molecule has 10 heteroatoms. The molecule has 0 saturated heterocycles. The largest absolute Gasteiger partial charge is 0.478 e. The molecule has 1 aromatic heterocycles. The van der Waals surface area contributed by atoms with Gasteiger partial charge in [0.25, 0.3) is 15.9 Å². The Labute approximate surface area is 130 Å². The van der Waals surface area contributed by atoms with E-state index in [0.717, 1.165) is 12.1 Å². The van der Waals surface area contributed by atoms with Gasteiger partial charge in [-0.15, -0.1) is 4.83 Å². The molecular formula is C13H12FN3O5S. The third-order valence-electron chi connectivity index (χ3n) is 2.94. The van der Waals surface area contributed by atoms with Crippen LogP contribution in [0.25, 0.3) is 0 Å². The lowest BCUT2D eigenvalue weighted by molar-refractivity contribution is 0.0696. The molecule has 0 aliphatic rings. The number of carboxylic acid groups (broad SMARTS) is 1. The Morgan fingerprint density at radius 3 is 2.52 bits per heavy atom. The number of hydrogen-bond acceptors (Lipinski definition) is 4. The lowest BCUT2D eigenvalue weighted by Gasteiger charge is -2.10. The summed E-state index contributed by atoms with van der Waals surface area (Å²) in [7, 11) is -2.89. The van der Waals surface area contributed by atoms with Crippen molar-refractivity contribution in [3.05, 3.63) is 53.6 Å². The Kier molecular flexibility index (Phi) is 4.48. The number of aromatic carboxylic acids is 1. The van der Waals surface area contributed by atoms with Crippen molar-refractivity contribution in [3.8, 4) is 0 Å². The maximum Gasteiger partial charge on any atom is 0.335 e. The Bertz CT molecular complexity index is 875. The summed E-state index contributed by atoms with van der Waals surface area (Å²) < 4.78 is 39.2. The molecule has 23 heavy (non-hydrogen) atoms. The van der Waals surface area contributed by atoms with Crippen LogP contribution >= 0.6 is 0 Å². The lowest BCUT2D eigenvalue weighted by atomic mass is 10.2. The Morgan fingerprint density at radius 2 is 1.96 bits per heavy atom. The zero-order chi connectivity index (χ0) is 17.2. The van der Waals surface area contributed by atoms with Gasteiger partial charge in [0.15, 0.2) is 0 Å². The quantitative estimate of drug-likeness (QED) is 0.684. The summed E-state index contributed by atoms with van der Waals surface area (Å²) in [5.41, 5.74) is 1.70. The molecule has 3 N–H and O–H groups in total. The van der Waals surface area contributed by atoms with E-state index in [1.165, 1.54) is 10.6 Å². The molecule has 0 unspecified atom stereocenters. The van der Waals surface area contributed by atoms with Crippen molar-refractivity contribution < 1.29 is 27.5 Å². The first-order chi connectivity index (χ1) is 10.7. The summed E-state index contributed by atoms with van der Waals surface area (Å²) in [5.74, 6) is -3.30. The van der Waals surface area contributed by atoms with Crippen LogP contribution in [0.1, 0.15) is 20.8 Å². The van der Waals surface area contributed by atoms with Crippen LogP contribution in [0.4, 0.5) is 4.39 Å². The minimum Gasteiger partial charge on any atom is -0.478 e. The maximum atomic E-state index is 13.7. The number of carbonyl (C=O) groups excluding carboxylic acids is 1. The fourth-order valence-corrected chi connectivity index (χ4v) is 2.72. The minimum absolute atomic E-state index is 0.174. The maximum absolute atomic E-state index is 13.7. The van der Waals surface area contributed by atoms with Crippen molar-refractivity contribution in [1.82, 2.24) is 14.8 Å². The van der Waals surface area contributed by atoms with Crippen molar-refractivity contribution in [2.75, 3.05) is 0 Å². The van der Waals surface area contributed by atoms with E-state index in [2.05, 4.69) is 0 Å². The molecule has 8 nitrogen and oxygen atoms in total. The number of amides is 1. The molecule has 1 heterocycles. The topological polar surface area (TPSA) is 118 Å². The standard InChI is InChI=1S/C13H12FN3O5S/c1-17-6-2-3-10(17)12(18)15-16-23(21,22)11-7-8(13(19)20)4-5-9(11)14/h2-7,16H,1H3,(H,15,18)(H,19,20). The van der Waals surface area contributed by atoms with E-state index < -0.39 is 38.2 Å². The van der Waals surface area contributed by atoms with Gasteiger partial charge in [-0.25, -0.2) is 17.6 Å². The third kappa shape index (κ3) is 3.55. The number of aryl methyl sites for hydroxylation is 1. The van der Waals surface area contributed by atoms with Crippen molar-refractivity contribution in [1.29, 1.82) is 0 Å². The van der Waals surface area contributed by atoms with Gasteiger partial charge >= 0.3 is 5.97 Å². The van der Waals surface area contributed by atoms with Gasteiger partial charge in [0.1, 0.15) is 16.4 Å². The van der Waals surface area contributed by atoms with Gasteiger partial charge in [-0.05, 0) is 30.3 Å². The highest BCUT2D eigenvalue weighted by Gasteiger charge is 2.22. The highest BCUT2D eigenvalue weighted by atomic mass is 32.2.